The lowest BCUT2D eigenvalue weighted by Crippen LogP contribution is -2.45. The number of carbonyl (C=O) groups excluding carboxylic acids is 1. The van der Waals surface area contributed by atoms with Crippen LogP contribution in [0.25, 0.3) is 0 Å². The lowest BCUT2D eigenvalue weighted by Gasteiger charge is -2.26. The van der Waals surface area contributed by atoms with Crippen LogP contribution in [0.3, 0.4) is 0 Å². The Hall–Kier alpha value is -1.62. The Bertz CT molecular complexity index is 512. The molecule has 2 atom stereocenters. The number of aromatic nitrogens is 1. The highest BCUT2D eigenvalue weighted by Gasteiger charge is 2.33. The Labute approximate surface area is 131 Å². The van der Waals surface area contributed by atoms with Crippen LogP contribution in [0.15, 0.2) is 18.3 Å². The molecule has 0 aromatic carbocycles. The van der Waals surface area contributed by atoms with Crippen LogP contribution in [0.5, 0.6) is 5.88 Å². The van der Waals surface area contributed by atoms with Crippen LogP contribution < -0.4 is 10.1 Å². The van der Waals surface area contributed by atoms with E-state index < -0.39 is 0 Å². The maximum Gasteiger partial charge on any atom is 0.231 e. The summed E-state index contributed by atoms with van der Waals surface area (Å²) in [6.07, 6.45) is 8.75. The van der Waals surface area contributed by atoms with Gasteiger partial charge in [0.05, 0.1) is 12.6 Å². The molecule has 5 nitrogen and oxygen atoms in total. The highest BCUT2D eigenvalue weighted by Crippen LogP contribution is 2.32. The summed E-state index contributed by atoms with van der Waals surface area (Å²) in [5, 5.41) is 12.7. The molecule has 1 aliphatic carbocycles. The van der Waals surface area contributed by atoms with Gasteiger partial charge in [-0.25, -0.2) is 4.98 Å². The van der Waals surface area contributed by atoms with Gasteiger partial charge in [-0.05, 0) is 24.8 Å². The summed E-state index contributed by atoms with van der Waals surface area (Å²) in [5.41, 5.74) is 0.845. The van der Waals surface area contributed by atoms with Gasteiger partial charge in [0.1, 0.15) is 12.5 Å². The van der Waals surface area contributed by atoms with Gasteiger partial charge in [-0.3, -0.25) is 4.79 Å². The van der Waals surface area contributed by atoms with Crippen LogP contribution in [-0.2, 0) is 4.79 Å². The van der Waals surface area contributed by atoms with Crippen molar-refractivity contribution in [3.05, 3.63) is 23.9 Å². The summed E-state index contributed by atoms with van der Waals surface area (Å²) in [7, 11) is 0. The molecule has 120 valence electrons. The topological polar surface area (TPSA) is 71.5 Å². The third-order valence-electron chi connectivity index (χ3n) is 4.87. The lowest BCUT2D eigenvalue weighted by molar-refractivity contribution is -0.124. The van der Waals surface area contributed by atoms with Gasteiger partial charge in [0.25, 0.3) is 0 Å². The highest BCUT2D eigenvalue weighted by atomic mass is 16.5. The number of ether oxygens (including phenoxy) is 1. The summed E-state index contributed by atoms with van der Waals surface area (Å²) in [5.74, 6) is 0.559. The first-order valence-electron chi connectivity index (χ1n) is 8.28. The third kappa shape index (κ3) is 3.24. The number of aliphatic hydroxyl groups is 1. The van der Waals surface area contributed by atoms with Crippen molar-refractivity contribution in [3.63, 3.8) is 0 Å². The van der Waals surface area contributed by atoms with Gasteiger partial charge < -0.3 is 15.2 Å². The molecular formula is C17H24N2O3. The fourth-order valence-corrected chi connectivity index (χ4v) is 3.57. The van der Waals surface area contributed by atoms with E-state index in [4.69, 9.17) is 4.74 Å². The van der Waals surface area contributed by atoms with Crippen LogP contribution in [0.1, 0.15) is 50.0 Å². The number of amides is 1. The fourth-order valence-electron chi connectivity index (χ4n) is 3.57. The average molecular weight is 304 g/mol. The van der Waals surface area contributed by atoms with Crippen molar-refractivity contribution < 1.29 is 14.6 Å². The van der Waals surface area contributed by atoms with Crippen molar-refractivity contribution in [2.75, 3.05) is 13.2 Å². The van der Waals surface area contributed by atoms with Crippen molar-refractivity contribution in [1.29, 1.82) is 0 Å². The normalized spacial score (nSPS) is 23.2. The number of hydrogen-bond donors (Lipinski definition) is 2. The predicted molar refractivity (Wildman–Crippen MR) is 82.7 cm³/mol. The van der Waals surface area contributed by atoms with Gasteiger partial charge in [0.15, 0.2) is 0 Å². The van der Waals surface area contributed by atoms with E-state index in [0.717, 1.165) is 18.4 Å². The fraction of sp³-hybridized carbons (Fsp3) is 0.647. The van der Waals surface area contributed by atoms with E-state index in [-0.39, 0.29) is 24.5 Å². The minimum absolute atomic E-state index is 0.00385. The molecule has 22 heavy (non-hydrogen) atoms. The second kappa shape index (κ2) is 7.09. The van der Waals surface area contributed by atoms with Crippen molar-refractivity contribution in [1.82, 2.24) is 10.3 Å². The number of fused-ring (bicyclic) bond motifs is 1. The first kappa shape index (κ1) is 15.3. The number of nitrogens with one attached hydrogen (secondary N) is 1. The van der Waals surface area contributed by atoms with Crippen LogP contribution in [-0.4, -0.2) is 35.3 Å². The lowest BCUT2D eigenvalue weighted by atomic mass is 9.91. The molecule has 2 aliphatic rings. The maximum absolute atomic E-state index is 12.6. The molecule has 2 heterocycles. The first-order chi connectivity index (χ1) is 10.8. The van der Waals surface area contributed by atoms with E-state index >= 15 is 0 Å². The zero-order valence-electron chi connectivity index (χ0n) is 12.8. The number of nitrogens with zero attached hydrogens (tertiary/aromatic N) is 1. The van der Waals surface area contributed by atoms with E-state index in [1.54, 1.807) is 6.20 Å². The van der Waals surface area contributed by atoms with E-state index in [1.165, 1.54) is 25.7 Å². The molecule has 1 aromatic rings. The van der Waals surface area contributed by atoms with E-state index in [1.807, 2.05) is 12.1 Å². The predicted octanol–water partition coefficient (Wildman–Crippen LogP) is 2.01. The molecular weight excluding hydrogens is 280 g/mol. The second-order valence-corrected chi connectivity index (χ2v) is 6.31. The Morgan fingerprint density at radius 2 is 2.14 bits per heavy atom. The minimum atomic E-state index is -0.316. The molecule has 0 unspecified atom stereocenters. The van der Waals surface area contributed by atoms with Crippen molar-refractivity contribution in [2.24, 2.45) is 5.92 Å². The molecule has 5 heteroatoms. The summed E-state index contributed by atoms with van der Waals surface area (Å²) in [6.45, 7) is 0.338. The molecule has 0 saturated heterocycles. The third-order valence-corrected chi connectivity index (χ3v) is 4.87. The number of pyridine rings is 1. The van der Waals surface area contributed by atoms with Crippen LogP contribution in [0.2, 0.25) is 0 Å². The summed E-state index contributed by atoms with van der Waals surface area (Å²) in [6, 6.07) is 3.56. The van der Waals surface area contributed by atoms with E-state index in [0.29, 0.717) is 18.4 Å². The second-order valence-electron chi connectivity index (χ2n) is 6.31. The van der Waals surface area contributed by atoms with Gasteiger partial charge in [0.2, 0.25) is 11.8 Å². The Morgan fingerprint density at radius 1 is 1.36 bits per heavy atom. The van der Waals surface area contributed by atoms with Crippen molar-refractivity contribution in [3.8, 4) is 5.88 Å². The maximum atomic E-state index is 12.6. The largest absolute Gasteiger partial charge is 0.476 e. The molecule has 0 radical (unpaired) electrons. The Kier molecular flexibility index (Phi) is 4.93. The molecule has 1 aliphatic heterocycles. The molecule has 1 fully saturated rings. The average Bonchev–Trinajstić information content (AvgIpc) is 2.79. The Morgan fingerprint density at radius 3 is 2.86 bits per heavy atom. The standard InChI is InChI=1S/C17H24N2O3/c20-10-15(12-6-3-1-2-4-7-12)19-16(21)14-11-22-17-13(14)8-5-9-18-17/h5,8-9,12,14-15,20H,1-4,6-7,10-11H2,(H,19,21)/t14-,15-/m1/s1. The van der Waals surface area contributed by atoms with Gasteiger partial charge in [0, 0.05) is 11.8 Å². The number of aliphatic hydroxyl groups excluding tert-OH is 1. The number of hydrogen-bond acceptors (Lipinski definition) is 4. The number of rotatable bonds is 4. The summed E-state index contributed by atoms with van der Waals surface area (Å²) >= 11 is 0. The van der Waals surface area contributed by atoms with Gasteiger partial charge in [-0.2, -0.15) is 0 Å². The van der Waals surface area contributed by atoms with Gasteiger partial charge in [-0.15, -0.1) is 0 Å². The molecule has 1 saturated carbocycles. The highest BCUT2D eigenvalue weighted by molar-refractivity contribution is 5.85. The smallest absolute Gasteiger partial charge is 0.231 e. The molecule has 1 aromatic heterocycles. The van der Waals surface area contributed by atoms with Gasteiger partial charge >= 0.3 is 0 Å². The quantitative estimate of drug-likeness (QED) is 0.835. The first-order valence-corrected chi connectivity index (χ1v) is 8.28. The molecule has 0 bridgehead atoms. The number of carbonyl (C=O) groups is 1. The van der Waals surface area contributed by atoms with E-state index in [2.05, 4.69) is 10.3 Å². The molecule has 1 amide bonds. The zero-order chi connectivity index (χ0) is 15.4. The monoisotopic (exact) mass is 304 g/mol. The molecule has 2 N–H and O–H groups in total. The zero-order valence-corrected chi connectivity index (χ0v) is 12.8. The van der Waals surface area contributed by atoms with Gasteiger partial charge in [-0.1, -0.05) is 31.7 Å². The van der Waals surface area contributed by atoms with Crippen LogP contribution >= 0.6 is 0 Å². The minimum Gasteiger partial charge on any atom is -0.476 e. The summed E-state index contributed by atoms with van der Waals surface area (Å²) in [4.78, 5) is 16.7. The molecule has 0 spiro atoms. The van der Waals surface area contributed by atoms with Crippen molar-refractivity contribution in [2.45, 2.75) is 50.5 Å². The molecule has 3 rings (SSSR count). The van der Waals surface area contributed by atoms with E-state index in [9.17, 15) is 9.90 Å². The van der Waals surface area contributed by atoms with Crippen LogP contribution in [0, 0.1) is 5.92 Å². The summed E-state index contributed by atoms with van der Waals surface area (Å²) < 4.78 is 5.48. The Balaban J connectivity index is 1.65. The van der Waals surface area contributed by atoms with Crippen LogP contribution in [0.4, 0.5) is 0 Å². The SMILES string of the molecule is O=C(N[C@H](CO)C1CCCCCC1)[C@@H]1COc2ncccc21. The van der Waals surface area contributed by atoms with Crippen molar-refractivity contribution >= 4 is 5.91 Å².